The number of benzene rings is 1. The smallest absolute Gasteiger partial charge is 0.342 e. The maximum atomic E-state index is 11.4. The maximum absolute atomic E-state index is 11.4. The Morgan fingerprint density at radius 1 is 1.39 bits per heavy atom. The summed E-state index contributed by atoms with van der Waals surface area (Å²) in [6.07, 6.45) is 1.35. The highest BCUT2D eigenvalue weighted by Crippen LogP contribution is 2.16. The molecule has 0 bridgehead atoms. The van der Waals surface area contributed by atoms with E-state index in [-0.39, 0.29) is 17.4 Å². The van der Waals surface area contributed by atoms with Crippen LogP contribution < -0.4 is 0 Å². The van der Waals surface area contributed by atoms with E-state index in [4.69, 9.17) is 0 Å². The number of aliphatic hydroxyl groups excluding tert-OH is 1. The van der Waals surface area contributed by atoms with Gasteiger partial charge in [-0.2, -0.15) is 0 Å². The number of aliphatic hydroxyl groups is 1. The second-order valence-electron chi connectivity index (χ2n) is 3.86. The first-order valence-corrected chi connectivity index (χ1v) is 5.62. The number of aliphatic imine (C=N–C) groups is 1. The van der Waals surface area contributed by atoms with Crippen LogP contribution in [0.3, 0.4) is 0 Å². The lowest BCUT2D eigenvalue weighted by Gasteiger charge is -2.06. The molecular weight excluding hydrogens is 230 g/mol. The van der Waals surface area contributed by atoms with E-state index in [1.807, 2.05) is 37.3 Å². The molecule has 1 aromatic carbocycles. The minimum absolute atomic E-state index is 0.0697. The van der Waals surface area contributed by atoms with E-state index < -0.39 is 5.97 Å². The van der Waals surface area contributed by atoms with Crippen molar-refractivity contribution in [1.82, 2.24) is 0 Å². The van der Waals surface area contributed by atoms with Crippen LogP contribution >= 0.6 is 0 Å². The Morgan fingerprint density at radius 3 is 2.50 bits per heavy atom. The van der Waals surface area contributed by atoms with Crippen molar-refractivity contribution in [2.24, 2.45) is 4.99 Å². The van der Waals surface area contributed by atoms with Gasteiger partial charge in [0.1, 0.15) is 11.3 Å². The highest BCUT2D eigenvalue weighted by atomic mass is 16.5. The van der Waals surface area contributed by atoms with E-state index in [1.165, 1.54) is 20.2 Å². The Labute approximate surface area is 107 Å². The number of methoxy groups -OCH3 is 1. The summed E-state index contributed by atoms with van der Waals surface area (Å²) in [6, 6.07) is 9.60. The van der Waals surface area contributed by atoms with Gasteiger partial charge in [-0.3, -0.25) is 4.99 Å². The van der Waals surface area contributed by atoms with Gasteiger partial charge in [0.2, 0.25) is 0 Å². The number of allylic oxidation sites excluding steroid dienone is 1. The molecule has 4 nitrogen and oxygen atoms in total. The molecule has 1 atom stereocenters. The number of hydrogen-bond donors (Lipinski definition) is 1. The van der Waals surface area contributed by atoms with Crippen molar-refractivity contribution in [3.05, 3.63) is 47.2 Å². The highest BCUT2D eigenvalue weighted by molar-refractivity contribution is 6.09. The van der Waals surface area contributed by atoms with Gasteiger partial charge in [-0.15, -0.1) is 0 Å². The third-order valence-electron chi connectivity index (χ3n) is 2.50. The van der Waals surface area contributed by atoms with Crippen LogP contribution in [0.4, 0.5) is 0 Å². The lowest BCUT2D eigenvalue weighted by atomic mass is 10.1. The molecule has 1 unspecified atom stereocenters. The van der Waals surface area contributed by atoms with Crippen LogP contribution in [0.1, 0.15) is 25.5 Å². The standard InChI is InChI=1S/C14H17NO3/c1-10(12-7-5-4-6-8-12)15-9-13(11(2)16)14(17)18-3/h4-10,16H,1-3H3/b13-11+,15-9?. The first-order valence-electron chi connectivity index (χ1n) is 5.62. The fraction of sp³-hybridized carbons (Fsp3) is 0.286. The number of ether oxygens (including phenoxy) is 1. The van der Waals surface area contributed by atoms with Crippen molar-refractivity contribution in [3.8, 4) is 0 Å². The van der Waals surface area contributed by atoms with Crippen molar-refractivity contribution in [1.29, 1.82) is 0 Å². The Hall–Kier alpha value is -2.10. The minimum atomic E-state index is -0.598. The van der Waals surface area contributed by atoms with E-state index in [0.29, 0.717) is 0 Å². The Kier molecular flexibility index (Phi) is 5.11. The van der Waals surface area contributed by atoms with Crippen molar-refractivity contribution >= 4 is 12.2 Å². The SMILES string of the molecule is COC(=O)/C(C=NC(C)c1ccccc1)=C(\C)O. The summed E-state index contributed by atoms with van der Waals surface area (Å²) in [5, 5.41) is 9.38. The predicted molar refractivity (Wildman–Crippen MR) is 70.7 cm³/mol. The predicted octanol–water partition coefficient (Wildman–Crippen LogP) is 2.82. The largest absolute Gasteiger partial charge is 0.512 e. The molecule has 1 rings (SSSR count). The van der Waals surface area contributed by atoms with Crippen LogP contribution in [-0.2, 0) is 9.53 Å². The second kappa shape index (κ2) is 6.59. The van der Waals surface area contributed by atoms with Crippen LogP contribution in [-0.4, -0.2) is 24.4 Å². The van der Waals surface area contributed by atoms with E-state index in [0.717, 1.165) is 5.56 Å². The van der Waals surface area contributed by atoms with Crippen LogP contribution in [0, 0.1) is 0 Å². The summed E-state index contributed by atoms with van der Waals surface area (Å²) in [5.41, 5.74) is 1.11. The van der Waals surface area contributed by atoms with Gasteiger partial charge in [-0.1, -0.05) is 30.3 Å². The van der Waals surface area contributed by atoms with Crippen molar-refractivity contribution in [2.75, 3.05) is 7.11 Å². The highest BCUT2D eigenvalue weighted by Gasteiger charge is 2.11. The van der Waals surface area contributed by atoms with Crippen LogP contribution in [0.2, 0.25) is 0 Å². The van der Waals surface area contributed by atoms with Gasteiger partial charge in [-0.05, 0) is 19.4 Å². The van der Waals surface area contributed by atoms with Crippen molar-refractivity contribution in [3.63, 3.8) is 0 Å². The lowest BCUT2D eigenvalue weighted by molar-refractivity contribution is -0.135. The van der Waals surface area contributed by atoms with Gasteiger partial charge in [0.25, 0.3) is 0 Å². The molecule has 0 aliphatic rings. The number of carbonyl (C=O) groups excluding carboxylic acids is 1. The summed E-state index contributed by atoms with van der Waals surface area (Å²) in [4.78, 5) is 15.6. The van der Waals surface area contributed by atoms with E-state index >= 15 is 0 Å². The summed E-state index contributed by atoms with van der Waals surface area (Å²) in [5.74, 6) is -0.704. The molecule has 0 amide bonds. The summed E-state index contributed by atoms with van der Waals surface area (Å²) >= 11 is 0. The lowest BCUT2D eigenvalue weighted by Crippen LogP contribution is -2.08. The maximum Gasteiger partial charge on any atom is 0.342 e. The summed E-state index contributed by atoms with van der Waals surface area (Å²) in [7, 11) is 1.26. The fourth-order valence-electron chi connectivity index (χ4n) is 1.41. The molecule has 1 N–H and O–H groups in total. The molecule has 0 aliphatic carbocycles. The van der Waals surface area contributed by atoms with E-state index in [2.05, 4.69) is 9.73 Å². The fourth-order valence-corrected chi connectivity index (χ4v) is 1.41. The van der Waals surface area contributed by atoms with Gasteiger partial charge in [0, 0.05) is 6.21 Å². The Bertz CT molecular complexity index is 459. The number of rotatable bonds is 4. The molecule has 0 saturated heterocycles. The molecule has 0 heterocycles. The Balaban J connectivity index is 2.86. The molecule has 0 fully saturated rings. The molecular formula is C14H17NO3. The molecule has 18 heavy (non-hydrogen) atoms. The zero-order valence-electron chi connectivity index (χ0n) is 10.8. The molecule has 4 heteroatoms. The number of carbonyl (C=O) groups is 1. The third kappa shape index (κ3) is 3.73. The first kappa shape index (κ1) is 14.0. The molecule has 96 valence electrons. The van der Waals surface area contributed by atoms with Gasteiger partial charge in [0.05, 0.1) is 13.2 Å². The molecule has 0 saturated carbocycles. The van der Waals surface area contributed by atoms with Crippen molar-refractivity contribution in [2.45, 2.75) is 19.9 Å². The quantitative estimate of drug-likeness (QED) is 0.385. The van der Waals surface area contributed by atoms with Gasteiger partial charge >= 0.3 is 5.97 Å². The Morgan fingerprint density at radius 2 is 2.00 bits per heavy atom. The van der Waals surface area contributed by atoms with E-state index in [9.17, 15) is 9.90 Å². The van der Waals surface area contributed by atoms with Crippen LogP contribution in [0.15, 0.2) is 46.7 Å². The molecule has 0 aromatic heterocycles. The van der Waals surface area contributed by atoms with Gasteiger partial charge in [0.15, 0.2) is 0 Å². The topological polar surface area (TPSA) is 58.9 Å². The zero-order valence-corrected chi connectivity index (χ0v) is 10.8. The summed E-state index contributed by atoms with van der Waals surface area (Å²) in [6.45, 7) is 3.33. The number of hydrogen-bond acceptors (Lipinski definition) is 4. The average Bonchev–Trinajstić information content (AvgIpc) is 2.39. The zero-order chi connectivity index (χ0) is 13.5. The minimum Gasteiger partial charge on any atom is -0.512 e. The number of esters is 1. The van der Waals surface area contributed by atoms with E-state index in [1.54, 1.807) is 0 Å². The molecule has 0 spiro atoms. The second-order valence-corrected chi connectivity index (χ2v) is 3.86. The molecule has 1 aromatic rings. The summed E-state index contributed by atoms with van der Waals surface area (Å²) < 4.78 is 4.56. The third-order valence-corrected chi connectivity index (χ3v) is 2.50. The van der Waals surface area contributed by atoms with Crippen molar-refractivity contribution < 1.29 is 14.6 Å². The normalized spacial score (nSPS) is 14.2. The first-order chi connectivity index (χ1) is 8.56. The monoisotopic (exact) mass is 247 g/mol. The van der Waals surface area contributed by atoms with Crippen LogP contribution in [0.25, 0.3) is 0 Å². The number of nitrogens with zero attached hydrogens (tertiary/aromatic N) is 1. The van der Waals surface area contributed by atoms with Gasteiger partial charge in [-0.25, -0.2) is 4.79 Å². The molecule has 0 radical (unpaired) electrons. The average molecular weight is 247 g/mol. The van der Waals surface area contributed by atoms with Gasteiger partial charge < -0.3 is 9.84 Å². The van der Waals surface area contributed by atoms with Crippen LogP contribution in [0.5, 0.6) is 0 Å². The molecule has 0 aliphatic heterocycles.